The van der Waals surface area contributed by atoms with E-state index in [4.69, 9.17) is 10.8 Å². The van der Waals surface area contributed by atoms with E-state index in [1.54, 1.807) is 13.0 Å². The molecular weight excluding hydrogens is 202 g/mol. The molecule has 0 aliphatic carbocycles. The van der Waals surface area contributed by atoms with Crippen molar-refractivity contribution in [3.8, 4) is 0 Å². The molecule has 3 N–H and O–H groups in total. The quantitative estimate of drug-likeness (QED) is 0.808. The molecule has 0 aliphatic heterocycles. The second-order valence-corrected chi connectivity index (χ2v) is 3.01. The van der Waals surface area contributed by atoms with Gasteiger partial charge in [-0.15, -0.1) is 12.4 Å². The van der Waals surface area contributed by atoms with Gasteiger partial charge in [-0.25, -0.2) is 0 Å². The number of rotatable bonds is 3. The highest BCUT2D eigenvalue weighted by Crippen LogP contribution is 2.16. The molecule has 0 aromatic heterocycles. The second-order valence-electron chi connectivity index (χ2n) is 3.01. The van der Waals surface area contributed by atoms with Crippen LogP contribution in [0.3, 0.4) is 0 Å². The molecule has 0 fully saturated rings. The summed E-state index contributed by atoms with van der Waals surface area (Å²) in [7, 11) is 0. The Bertz CT molecular complexity index is 315. The van der Waals surface area contributed by atoms with Crippen LogP contribution in [0.1, 0.15) is 24.0 Å². The maximum Gasteiger partial charge on any atom is 0.310 e. The molecule has 4 heteroatoms. The Morgan fingerprint density at radius 2 is 2.21 bits per heavy atom. The molecule has 0 radical (unpaired) electrons. The smallest absolute Gasteiger partial charge is 0.310 e. The standard InChI is InChI=1S/C10H13NO2.ClH/c1-7(10(12)13)9-4-2-3-8(5-9)6-11;/h2-5,7H,6,11H2,1H3,(H,12,13);1H. The lowest BCUT2D eigenvalue weighted by Crippen LogP contribution is -2.08. The van der Waals surface area contributed by atoms with Crippen LogP contribution in [0.25, 0.3) is 0 Å². The van der Waals surface area contributed by atoms with E-state index in [1.165, 1.54) is 0 Å². The molecule has 1 atom stereocenters. The normalized spacial score (nSPS) is 11.6. The van der Waals surface area contributed by atoms with Gasteiger partial charge in [0.25, 0.3) is 0 Å². The van der Waals surface area contributed by atoms with E-state index in [0.717, 1.165) is 11.1 Å². The highest BCUT2D eigenvalue weighted by atomic mass is 35.5. The second kappa shape index (κ2) is 5.62. The number of carboxylic acid groups (broad SMARTS) is 1. The minimum Gasteiger partial charge on any atom is -0.481 e. The summed E-state index contributed by atoms with van der Waals surface area (Å²) < 4.78 is 0. The third-order valence-corrected chi connectivity index (χ3v) is 2.06. The zero-order valence-electron chi connectivity index (χ0n) is 7.93. The third kappa shape index (κ3) is 3.01. The Labute approximate surface area is 89.3 Å². The van der Waals surface area contributed by atoms with E-state index in [1.807, 2.05) is 18.2 Å². The summed E-state index contributed by atoms with van der Waals surface area (Å²) in [5.74, 6) is -1.28. The molecular formula is C10H14ClNO2. The van der Waals surface area contributed by atoms with Crippen molar-refractivity contribution in [1.82, 2.24) is 0 Å². The molecule has 0 heterocycles. The maximum absolute atomic E-state index is 10.7. The summed E-state index contributed by atoms with van der Waals surface area (Å²) in [6, 6.07) is 7.35. The van der Waals surface area contributed by atoms with Crippen LogP contribution < -0.4 is 5.73 Å². The van der Waals surface area contributed by atoms with Gasteiger partial charge in [-0.1, -0.05) is 24.3 Å². The summed E-state index contributed by atoms with van der Waals surface area (Å²) in [5.41, 5.74) is 7.21. The van der Waals surface area contributed by atoms with E-state index < -0.39 is 11.9 Å². The first kappa shape index (κ1) is 12.9. The molecule has 1 rings (SSSR count). The van der Waals surface area contributed by atoms with Crippen molar-refractivity contribution < 1.29 is 9.90 Å². The van der Waals surface area contributed by atoms with Crippen LogP contribution in [0.2, 0.25) is 0 Å². The number of halogens is 1. The van der Waals surface area contributed by atoms with Gasteiger partial charge in [0.15, 0.2) is 0 Å². The highest BCUT2D eigenvalue weighted by molar-refractivity contribution is 5.85. The Morgan fingerprint density at radius 1 is 1.57 bits per heavy atom. The molecule has 0 spiro atoms. The summed E-state index contributed by atoms with van der Waals surface area (Å²) in [5, 5.41) is 8.77. The van der Waals surface area contributed by atoms with Crippen molar-refractivity contribution >= 4 is 18.4 Å². The molecule has 0 saturated carbocycles. The summed E-state index contributed by atoms with van der Waals surface area (Å²) in [6.07, 6.45) is 0. The third-order valence-electron chi connectivity index (χ3n) is 2.06. The molecule has 0 saturated heterocycles. The first-order valence-corrected chi connectivity index (χ1v) is 4.17. The van der Waals surface area contributed by atoms with Gasteiger partial charge in [0.05, 0.1) is 5.92 Å². The van der Waals surface area contributed by atoms with Crippen molar-refractivity contribution in [3.05, 3.63) is 35.4 Å². The summed E-state index contributed by atoms with van der Waals surface area (Å²) in [4.78, 5) is 10.7. The van der Waals surface area contributed by atoms with E-state index >= 15 is 0 Å². The molecule has 1 unspecified atom stereocenters. The molecule has 1 aromatic rings. The average molecular weight is 216 g/mol. The lowest BCUT2D eigenvalue weighted by molar-refractivity contribution is -0.138. The lowest BCUT2D eigenvalue weighted by atomic mass is 9.99. The highest BCUT2D eigenvalue weighted by Gasteiger charge is 2.12. The van der Waals surface area contributed by atoms with E-state index in [0.29, 0.717) is 6.54 Å². The molecule has 0 bridgehead atoms. The fourth-order valence-electron chi connectivity index (χ4n) is 1.13. The van der Waals surface area contributed by atoms with E-state index in [9.17, 15) is 4.79 Å². The van der Waals surface area contributed by atoms with Gasteiger partial charge < -0.3 is 10.8 Å². The van der Waals surface area contributed by atoms with Gasteiger partial charge in [0.2, 0.25) is 0 Å². The fourth-order valence-corrected chi connectivity index (χ4v) is 1.13. The average Bonchev–Trinajstić information content (AvgIpc) is 2.16. The van der Waals surface area contributed by atoms with Crippen molar-refractivity contribution in [3.63, 3.8) is 0 Å². The first-order chi connectivity index (χ1) is 6.15. The van der Waals surface area contributed by atoms with Gasteiger partial charge in [0.1, 0.15) is 0 Å². The Morgan fingerprint density at radius 3 is 2.71 bits per heavy atom. The number of benzene rings is 1. The minimum absolute atomic E-state index is 0. The van der Waals surface area contributed by atoms with E-state index in [-0.39, 0.29) is 12.4 Å². The number of hydrogen-bond acceptors (Lipinski definition) is 2. The van der Waals surface area contributed by atoms with Crippen LogP contribution in [0, 0.1) is 0 Å². The van der Waals surface area contributed by atoms with Crippen molar-refractivity contribution in [1.29, 1.82) is 0 Å². The maximum atomic E-state index is 10.7. The predicted octanol–water partition coefficient (Wildman–Crippen LogP) is 1.76. The number of aliphatic carboxylic acids is 1. The van der Waals surface area contributed by atoms with Gasteiger partial charge in [-0.2, -0.15) is 0 Å². The number of carbonyl (C=O) groups is 1. The van der Waals surface area contributed by atoms with Crippen LogP contribution >= 0.6 is 12.4 Å². The Hall–Kier alpha value is -1.06. The number of nitrogens with two attached hydrogens (primary N) is 1. The molecule has 3 nitrogen and oxygen atoms in total. The Kier molecular flexibility index (Phi) is 5.20. The lowest BCUT2D eigenvalue weighted by Gasteiger charge is -2.07. The molecule has 1 aromatic carbocycles. The summed E-state index contributed by atoms with van der Waals surface area (Å²) >= 11 is 0. The zero-order valence-corrected chi connectivity index (χ0v) is 8.75. The van der Waals surface area contributed by atoms with Crippen molar-refractivity contribution in [2.24, 2.45) is 5.73 Å². The number of hydrogen-bond donors (Lipinski definition) is 2. The van der Waals surface area contributed by atoms with Gasteiger partial charge in [-0.05, 0) is 18.1 Å². The molecule has 0 amide bonds. The van der Waals surface area contributed by atoms with Crippen molar-refractivity contribution in [2.45, 2.75) is 19.4 Å². The monoisotopic (exact) mass is 215 g/mol. The minimum atomic E-state index is -0.811. The van der Waals surface area contributed by atoms with Gasteiger partial charge in [-0.3, -0.25) is 4.79 Å². The van der Waals surface area contributed by atoms with Gasteiger partial charge >= 0.3 is 5.97 Å². The molecule has 78 valence electrons. The topological polar surface area (TPSA) is 63.3 Å². The van der Waals surface area contributed by atoms with Crippen LogP contribution in [-0.2, 0) is 11.3 Å². The fraction of sp³-hybridized carbons (Fsp3) is 0.300. The van der Waals surface area contributed by atoms with Gasteiger partial charge in [0, 0.05) is 6.54 Å². The molecule has 14 heavy (non-hydrogen) atoms. The van der Waals surface area contributed by atoms with Crippen LogP contribution in [-0.4, -0.2) is 11.1 Å². The SMILES string of the molecule is CC(C(=O)O)c1cccc(CN)c1.Cl. The predicted molar refractivity (Wildman–Crippen MR) is 57.6 cm³/mol. The zero-order chi connectivity index (χ0) is 9.84. The van der Waals surface area contributed by atoms with Crippen LogP contribution in [0.5, 0.6) is 0 Å². The van der Waals surface area contributed by atoms with E-state index in [2.05, 4.69) is 0 Å². The van der Waals surface area contributed by atoms with Crippen molar-refractivity contribution in [2.75, 3.05) is 0 Å². The van der Waals surface area contributed by atoms with Crippen LogP contribution in [0.15, 0.2) is 24.3 Å². The summed E-state index contributed by atoms with van der Waals surface area (Å²) in [6.45, 7) is 2.11. The van der Waals surface area contributed by atoms with Crippen LogP contribution in [0.4, 0.5) is 0 Å². The Balaban J connectivity index is 0.00000169. The largest absolute Gasteiger partial charge is 0.481 e. The number of carboxylic acids is 1. The molecule has 0 aliphatic rings. The first-order valence-electron chi connectivity index (χ1n) is 4.17.